The van der Waals surface area contributed by atoms with E-state index in [9.17, 15) is 4.39 Å². The smallest absolute Gasteiger partial charge is 0.229 e. The molecule has 0 saturated carbocycles. The first kappa shape index (κ1) is 19.6. The lowest BCUT2D eigenvalue weighted by atomic mass is 10.2. The fourth-order valence-electron chi connectivity index (χ4n) is 3.13. The Morgan fingerprint density at radius 3 is 2.21 bits per heavy atom. The molecule has 29 heavy (non-hydrogen) atoms. The zero-order chi connectivity index (χ0) is 20.2. The maximum atomic E-state index is 13.1. The molecule has 0 spiro atoms. The lowest BCUT2D eigenvalue weighted by Gasteiger charge is -2.34. The first-order valence-corrected chi connectivity index (χ1v) is 10.2. The van der Waals surface area contributed by atoms with Gasteiger partial charge in [-0.1, -0.05) is 0 Å². The Bertz CT molecular complexity index is 956. The van der Waals surface area contributed by atoms with Crippen LogP contribution in [0.1, 0.15) is 0 Å². The van der Waals surface area contributed by atoms with Crippen LogP contribution in [0.5, 0.6) is 0 Å². The Labute approximate surface area is 177 Å². The van der Waals surface area contributed by atoms with Crippen LogP contribution >= 0.6 is 15.9 Å². The van der Waals surface area contributed by atoms with E-state index in [0.29, 0.717) is 11.8 Å². The Morgan fingerprint density at radius 1 is 0.897 bits per heavy atom. The fourth-order valence-corrected chi connectivity index (χ4v) is 3.42. The molecule has 0 aliphatic carbocycles. The van der Waals surface area contributed by atoms with E-state index in [0.717, 1.165) is 42.0 Å². The molecule has 0 atom stereocenters. The van der Waals surface area contributed by atoms with Gasteiger partial charge in [0.2, 0.25) is 5.95 Å². The van der Waals surface area contributed by atoms with Crippen molar-refractivity contribution in [3.05, 3.63) is 65.0 Å². The van der Waals surface area contributed by atoms with Crippen LogP contribution in [0, 0.1) is 5.82 Å². The Hall–Kier alpha value is -2.71. The summed E-state index contributed by atoms with van der Waals surface area (Å²) >= 11 is 3.45. The van der Waals surface area contributed by atoms with E-state index < -0.39 is 0 Å². The minimum Gasteiger partial charge on any atom is -0.369 e. The third kappa shape index (κ3) is 5.02. The maximum Gasteiger partial charge on any atom is 0.229 e. The number of nitrogens with zero attached hydrogens (tertiary/aromatic N) is 4. The number of likely N-dealkylation sites (N-methyl/N-ethyl adjacent to an activating group) is 1. The van der Waals surface area contributed by atoms with Crippen LogP contribution in [-0.2, 0) is 0 Å². The second kappa shape index (κ2) is 8.75. The van der Waals surface area contributed by atoms with E-state index in [4.69, 9.17) is 0 Å². The lowest BCUT2D eigenvalue weighted by Crippen LogP contribution is -2.44. The molecule has 1 fully saturated rings. The average molecular weight is 457 g/mol. The Kier molecular flexibility index (Phi) is 5.92. The third-order valence-corrected chi connectivity index (χ3v) is 5.42. The number of benzene rings is 2. The van der Waals surface area contributed by atoms with Crippen LogP contribution < -0.4 is 15.5 Å². The van der Waals surface area contributed by atoms with Crippen molar-refractivity contribution in [2.45, 2.75) is 0 Å². The van der Waals surface area contributed by atoms with Gasteiger partial charge in [0.1, 0.15) is 11.6 Å². The van der Waals surface area contributed by atoms with E-state index in [1.807, 2.05) is 12.1 Å². The van der Waals surface area contributed by atoms with Gasteiger partial charge in [-0.25, -0.2) is 9.37 Å². The van der Waals surface area contributed by atoms with Crippen LogP contribution in [0.4, 0.5) is 33.2 Å². The summed E-state index contributed by atoms with van der Waals surface area (Å²) in [5, 5.41) is 6.40. The van der Waals surface area contributed by atoms with Crippen molar-refractivity contribution < 1.29 is 4.39 Å². The SMILES string of the molecule is CN1CCN(c2ccc(Nc3ncc(Br)c(Nc4ccc(F)cc4)n3)cc2)CC1. The molecule has 150 valence electrons. The normalized spacial score (nSPS) is 14.7. The predicted octanol–water partition coefficient (Wildman–Crippen LogP) is 4.62. The topological polar surface area (TPSA) is 56.3 Å². The molecule has 1 aliphatic heterocycles. The van der Waals surface area contributed by atoms with Gasteiger partial charge in [0, 0.05) is 49.4 Å². The van der Waals surface area contributed by atoms with Crippen molar-refractivity contribution in [2.75, 3.05) is 48.8 Å². The zero-order valence-corrected chi connectivity index (χ0v) is 17.7. The molecule has 4 rings (SSSR count). The van der Waals surface area contributed by atoms with Crippen molar-refractivity contribution >= 4 is 44.8 Å². The largest absolute Gasteiger partial charge is 0.369 e. The minimum atomic E-state index is -0.278. The van der Waals surface area contributed by atoms with Crippen LogP contribution in [0.15, 0.2) is 59.2 Å². The van der Waals surface area contributed by atoms with Crippen LogP contribution in [0.2, 0.25) is 0 Å². The predicted molar refractivity (Wildman–Crippen MR) is 119 cm³/mol. The van der Waals surface area contributed by atoms with Crippen molar-refractivity contribution in [1.82, 2.24) is 14.9 Å². The molecule has 1 aromatic heterocycles. The molecule has 8 heteroatoms. The lowest BCUT2D eigenvalue weighted by molar-refractivity contribution is 0.313. The first-order chi connectivity index (χ1) is 14.1. The van der Waals surface area contributed by atoms with Gasteiger partial charge in [0.15, 0.2) is 0 Å². The number of hydrogen-bond acceptors (Lipinski definition) is 6. The van der Waals surface area contributed by atoms with E-state index in [2.05, 4.69) is 65.5 Å². The zero-order valence-electron chi connectivity index (χ0n) is 16.1. The summed E-state index contributed by atoms with van der Waals surface area (Å²) in [7, 11) is 2.15. The molecular formula is C21H22BrFN6. The Morgan fingerprint density at radius 2 is 1.52 bits per heavy atom. The maximum absolute atomic E-state index is 13.1. The van der Waals surface area contributed by atoms with Gasteiger partial charge in [-0.2, -0.15) is 4.98 Å². The van der Waals surface area contributed by atoms with Gasteiger partial charge in [0.05, 0.1) is 4.47 Å². The number of rotatable bonds is 5. The highest BCUT2D eigenvalue weighted by Crippen LogP contribution is 2.26. The van der Waals surface area contributed by atoms with E-state index in [-0.39, 0.29) is 5.82 Å². The standard InChI is InChI=1S/C21H22BrFN6/c1-28-10-12-29(13-11-28)18-8-6-17(7-9-18)26-21-24-14-19(22)20(27-21)25-16-4-2-15(23)3-5-16/h2-9,14H,10-13H2,1H3,(H2,24,25,26,27). The first-order valence-electron chi connectivity index (χ1n) is 9.42. The summed E-state index contributed by atoms with van der Waals surface area (Å²) < 4.78 is 13.8. The highest BCUT2D eigenvalue weighted by atomic mass is 79.9. The highest BCUT2D eigenvalue weighted by molar-refractivity contribution is 9.10. The van der Waals surface area contributed by atoms with E-state index in [1.165, 1.54) is 17.8 Å². The number of hydrogen-bond donors (Lipinski definition) is 2. The molecular weight excluding hydrogens is 435 g/mol. The molecule has 0 unspecified atom stereocenters. The van der Waals surface area contributed by atoms with Crippen LogP contribution in [0.25, 0.3) is 0 Å². The number of nitrogens with one attached hydrogen (secondary N) is 2. The number of halogens is 2. The van der Waals surface area contributed by atoms with Gasteiger partial charge in [0.25, 0.3) is 0 Å². The van der Waals surface area contributed by atoms with Gasteiger partial charge in [-0.05, 0) is 71.5 Å². The average Bonchev–Trinajstić information content (AvgIpc) is 2.73. The summed E-state index contributed by atoms with van der Waals surface area (Å²) in [6, 6.07) is 14.4. The van der Waals surface area contributed by atoms with Gasteiger partial charge in [-0.3, -0.25) is 0 Å². The van der Waals surface area contributed by atoms with Crippen molar-refractivity contribution in [3.8, 4) is 0 Å². The third-order valence-electron chi connectivity index (χ3n) is 4.84. The molecule has 1 saturated heterocycles. The fraction of sp³-hybridized carbons (Fsp3) is 0.238. The van der Waals surface area contributed by atoms with Crippen molar-refractivity contribution in [3.63, 3.8) is 0 Å². The molecule has 0 bridgehead atoms. The van der Waals surface area contributed by atoms with E-state index in [1.54, 1.807) is 18.3 Å². The van der Waals surface area contributed by atoms with Gasteiger partial charge in [-0.15, -0.1) is 0 Å². The molecule has 6 nitrogen and oxygen atoms in total. The van der Waals surface area contributed by atoms with Crippen molar-refractivity contribution in [2.24, 2.45) is 0 Å². The number of anilines is 5. The minimum absolute atomic E-state index is 0.278. The molecule has 3 aromatic rings. The highest BCUT2D eigenvalue weighted by Gasteiger charge is 2.14. The number of piperazine rings is 1. The molecule has 0 amide bonds. The van der Waals surface area contributed by atoms with Crippen molar-refractivity contribution in [1.29, 1.82) is 0 Å². The van der Waals surface area contributed by atoms with Crippen LogP contribution in [0.3, 0.4) is 0 Å². The molecule has 1 aliphatic rings. The molecule has 0 radical (unpaired) electrons. The van der Waals surface area contributed by atoms with Gasteiger partial charge >= 0.3 is 0 Å². The summed E-state index contributed by atoms with van der Waals surface area (Å²) in [5.74, 6) is 0.799. The summed E-state index contributed by atoms with van der Waals surface area (Å²) in [6.45, 7) is 4.24. The molecule has 2 heterocycles. The number of aromatic nitrogens is 2. The quantitative estimate of drug-likeness (QED) is 0.584. The molecule has 2 N–H and O–H groups in total. The summed E-state index contributed by atoms with van der Waals surface area (Å²) in [4.78, 5) is 13.6. The summed E-state index contributed by atoms with van der Waals surface area (Å²) in [5.41, 5.74) is 2.88. The summed E-state index contributed by atoms with van der Waals surface area (Å²) in [6.07, 6.45) is 1.68. The molecule has 2 aromatic carbocycles. The van der Waals surface area contributed by atoms with Crippen LogP contribution in [-0.4, -0.2) is 48.1 Å². The Balaban J connectivity index is 1.44. The van der Waals surface area contributed by atoms with Gasteiger partial charge < -0.3 is 20.4 Å². The second-order valence-electron chi connectivity index (χ2n) is 6.98. The monoisotopic (exact) mass is 456 g/mol. The second-order valence-corrected chi connectivity index (χ2v) is 7.84. The van der Waals surface area contributed by atoms with E-state index >= 15 is 0 Å².